The van der Waals surface area contributed by atoms with Crippen molar-refractivity contribution >= 4 is 37.2 Å². The van der Waals surface area contributed by atoms with Gasteiger partial charge in [0.1, 0.15) is 22.1 Å². The third kappa shape index (κ3) is 5.62. The summed E-state index contributed by atoms with van der Waals surface area (Å²) in [7, 11) is -1.69. The molecule has 0 saturated carbocycles. The lowest BCUT2D eigenvalue weighted by Gasteiger charge is -2.36. The Labute approximate surface area is 163 Å². The normalized spacial score (nSPS) is 13.8. The lowest BCUT2D eigenvalue weighted by Crippen LogP contribution is -2.53. The highest BCUT2D eigenvalue weighted by Crippen LogP contribution is 2.31. The number of rotatable bonds is 7. The molecule has 0 saturated heterocycles. The van der Waals surface area contributed by atoms with Crippen LogP contribution in [0.3, 0.4) is 0 Å². The van der Waals surface area contributed by atoms with Crippen LogP contribution < -0.4 is 14.6 Å². The Morgan fingerprint density at radius 3 is 2.27 bits per heavy atom. The first-order valence-corrected chi connectivity index (χ1v) is 12.4. The maximum atomic E-state index is 11.6. The second kappa shape index (κ2) is 7.86. The molecule has 26 heavy (non-hydrogen) atoms. The minimum atomic E-state index is -1.69. The summed E-state index contributed by atoms with van der Waals surface area (Å²) in [6.45, 7) is 7.79. The van der Waals surface area contributed by atoms with Gasteiger partial charge in [-0.25, -0.2) is 4.98 Å². The number of benzene rings is 1. The second-order valence-electron chi connectivity index (χ2n) is 7.37. The largest absolute Gasteiger partial charge is 0.546 e. The van der Waals surface area contributed by atoms with E-state index in [9.17, 15) is 9.90 Å². The van der Waals surface area contributed by atoms with Gasteiger partial charge >= 0.3 is 0 Å². The number of hydrogen-bond acceptors (Lipinski definition) is 5. The standard InChI is InChI=1S/C18H21Cl2NO4Si/c1-18(17(22)23,11-26(2,3)4)25-14-7-5-13(6-8-14)24-16-15(20)9-12(19)10-21-16/h5-10H,11H2,1-4H3,(H,22,23)/p-1. The van der Waals surface area contributed by atoms with E-state index in [4.69, 9.17) is 32.7 Å². The Morgan fingerprint density at radius 1 is 1.19 bits per heavy atom. The van der Waals surface area contributed by atoms with E-state index in [0.29, 0.717) is 22.6 Å². The van der Waals surface area contributed by atoms with Crippen LogP contribution in [-0.4, -0.2) is 24.6 Å². The molecule has 1 heterocycles. The predicted octanol–water partition coefficient (Wildman–Crippen LogP) is 4.41. The van der Waals surface area contributed by atoms with Gasteiger partial charge < -0.3 is 19.4 Å². The molecule has 8 heteroatoms. The molecule has 0 fully saturated rings. The lowest BCUT2D eigenvalue weighted by molar-refractivity contribution is -0.320. The highest BCUT2D eigenvalue weighted by Gasteiger charge is 2.34. The number of carboxylic acid groups (broad SMARTS) is 1. The maximum absolute atomic E-state index is 11.6. The molecule has 1 aromatic heterocycles. The van der Waals surface area contributed by atoms with Gasteiger partial charge in [0.2, 0.25) is 5.88 Å². The average molecular weight is 413 g/mol. The van der Waals surface area contributed by atoms with E-state index in [2.05, 4.69) is 24.6 Å². The fourth-order valence-corrected chi connectivity index (χ4v) is 5.25. The van der Waals surface area contributed by atoms with Crippen molar-refractivity contribution in [3.63, 3.8) is 0 Å². The van der Waals surface area contributed by atoms with Crippen molar-refractivity contribution in [1.29, 1.82) is 0 Å². The van der Waals surface area contributed by atoms with Crippen LogP contribution in [0.5, 0.6) is 17.4 Å². The first-order valence-electron chi connectivity index (χ1n) is 7.98. The van der Waals surface area contributed by atoms with E-state index >= 15 is 0 Å². The van der Waals surface area contributed by atoms with Crippen molar-refractivity contribution in [1.82, 2.24) is 4.98 Å². The van der Waals surface area contributed by atoms with Crippen LogP contribution >= 0.6 is 23.2 Å². The van der Waals surface area contributed by atoms with Gasteiger partial charge in [0.05, 0.1) is 11.0 Å². The van der Waals surface area contributed by atoms with Crippen LogP contribution in [0, 0.1) is 0 Å². The molecule has 140 valence electrons. The number of carboxylic acids is 1. The minimum Gasteiger partial charge on any atom is -0.546 e. The molecule has 0 aliphatic carbocycles. The number of carbonyl (C=O) groups is 1. The first-order chi connectivity index (χ1) is 12.0. The van der Waals surface area contributed by atoms with Gasteiger partial charge in [-0.1, -0.05) is 42.8 Å². The van der Waals surface area contributed by atoms with Gasteiger partial charge in [0, 0.05) is 14.3 Å². The van der Waals surface area contributed by atoms with Crippen LogP contribution in [0.2, 0.25) is 35.7 Å². The number of nitrogens with zero attached hydrogens (tertiary/aromatic N) is 1. The Balaban J connectivity index is 2.14. The van der Waals surface area contributed by atoms with Gasteiger partial charge in [-0.2, -0.15) is 0 Å². The fraction of sp³-hybridized carbons (Fsp3) is 0.333. The number of halogens is 2. The van der Waals surface area contributed by atoms with E-state index in [-0.39, 0.29) is 10.9 Å². The minimum absolute atomic E-state index is 0.225. The predicted molar refractivity (Wildman–Crippen MR) is 103 cm³/mol. The molecule has 0 N–H and O–H groups in total. The second-order valence-corrected chi connectivity index (χ2v) is 13.7. The molecule has 0 bridgehead atoms. The molecule has 1 atom stereocenters. The summed E-state index contributed by atoms with van der Waals surface area (Å²) >= 11 is 11.8. The zero-order chi connectivity index (χ0) is 19.5. The molecule has 1 unspecified atom stereocenters. The maximum Gasteiger partial charge on any atom is 0.238 e. The van der Waals surface area contributed by atoms with Crippen molar-refractivity contribution in [2.75, 3.05) is 0 Å². The Bertz CT molecular complexity index is 793. The number of carbonyl (C=O) groups excluding carboxylic acids is 1. The van der Waals surface area contributed by atoms with Crippen molar-refractivity contribution in [3.05, 3.63) is 46.6 Å². The van der Waals surface area contributed by atoms with Crippen molar-refractivity contribution < 1.29 is 19.4 Å². The third-order valence-corrected chi connectivity index (χ3v) is 5.67. The molecular weight excluding hydrogens is 393 g/mol. The zero-order valence-corrected chi connectivity index (χ0v) is 17.5. The van der Waals surface area contributed by atoms with E-state index in [1.807, 2.05) is 0 Å². The lowest BCUT2D eigenvalue weighted by atomic mass is 10.1. The smallest absolute Gasteiger partial charge is 0.238 e. The molecule has 5 nitrogen and oxygen atoms in total. The molecule has 0 spiro atoms. The van der Waals surface area contributed by atoms with Crippen LogP contribution in [0.4, 0.5) is 0 Å². The van der Waals surface area contributed by atoms with E-state index in [1.54, 1.807) is 31.2 Å². The summed E-state index contributed by atoms with van der Waals surface area (Å²) in [5, 5.41) is 12.3. The highest BCUT2D eigenvalue weighted by atomic mass is 35.5. The number of ether oxygens (including phenoxy) is 2. The summed E-state index contributed by atoms with van der Waals surface area (Å²) in [5.74, 6) is -0.104. The number of hydrogen-bond donors (Lipinski definition) is 0. The van der Waals surface area contributed by atoms with Gasteiger partial charge in [-0.05, 0) is 43.3 Å². The molecule has 1 aromatic carbocycles. The third-order valence-electron chi connectivity index (χ3n) is 3.45. The molecule has 0 amide bonds. The van der Waals surface area contributed by atoms with E-state index in [0.717, 1.165) is 0 Å². The van der Waals surface area contributed by atoms with Gasteiger partial charge in [0.25, 0.3) is 0 Å². The summed E-state index contributed by atoms with van der Waals surface area (Å²) in [5.41, 5.74) is -1.38. The molecule has 0 radical (unpaired) electrons. The molecular formula is C18H20Cl2NO4Si-. The highest BCUT2D eigenvalue weighted by molar-refractivity contribution is 6.76. The number of aliphatic carboxylic acids is 1. The Hall–Kier alpha value is -1.76. The first kappa shape index (κ1) is 20.5. The molecule has 2 rings (SSSR count). The van der Waals surface area contributed by atoms with Crippen LogP contribution in [0.1, 0.15) is 6.92 Å². The van der Waals surface area contributed by atoms with Crippen LogP contribution in [0.15, 0.2) is 36.5 Å². The molecule has 0 aliphatic rings. The monoisotopic (exact) mass is 412 g/mol. The fourth-order valence-electron chi connectivity index (χ4n) is 2.59. The van der Waals surface area contributed by atoms with E-state index in [1.165, 1.54) is 12.3 Å². The summed E-state index contributed by atoms with van der Waals surface area (Å²) in [6, 6.07) is 8.52. The quantitative estimate of drug-likeness (QED) is 0.629. The molecule has 2 aromatic rings. The summed E-state index contributed by atoms with van der Waals surface area (Å²) in [6.07, 6.45) is 1.43. The SMILES string of the molecule is CC(C[Si](C)(C)C)(Oc1ccc(Oc2ncc(Cl)cc2Cl)cc1)C(=O)[O-]. The molecule has 0 aliphatic heterocycles. The average Bonchev–Trinajstić information content (AvgIpc) is 2.50. The number of pyridine rings is 1. The zero-order valence-electron chi connectivity index (χ0n) is 15.0. The van der Waals surface area contributed by atoms with Crippen molar-refractivity contribution in [3.8, 4) is 17.4 Å². The summed E-state index contributed by atoms with van der Waals surface area (Å²) < 4.78 is 11.3. The topological polar surface area (TPSA) is 71.5 Å². The number of aromatic nitrogens is 1. The van der Waals surface area contributed by atoms with Gasteiger partial charge in [-0.15, -0.1) is 0 Å². The Morgan fingerprint density at radius 2 is 1.77 bits per heavy atom. The van der Waals surface area contributed by atoms with Gasteiger partial charge in [-0.3, -0.25) is 0 Å². The Kier molecular flexibility index (Phi) is 6.21. The van der Waals surface area contributed by atoms with Crippen molar-refractivity contribution in [2.24, 2.45) is 0 Å². The van der Waals surface area contributed by atoms with Gasteiger partial charge in [0.15, 0.2) is 0 Å². The van der Waals surface area contributed by atoms with E-state index < -0.39 is 19.6 Å². The van der Waals surface area contributed by atoms with Crippen LogP contribution in [0.25, 0.3) is 0 Å². The van der Waals surface area contributed by atoms with Crippen LogP contribution in [-0.2, 0) is 4.79 Å². The summed E-state index contributed by atoms with van der Waals surface area (Å²) in [4.78, 5) is 15.6. The van der Waals surface area contributed by atoms with Crippen molar-refractivity contribution in [2.45, 2.75) is 38.2 Å².